The molecule has 0 aliphatic carbocycles. The molecule has 0 amide bonds. The van der Waals surface area contributed by atoms with Crippen molar-refractivity contribution in [3.8, 4) is 0 Å². The molecule has 0 rings (SSSR count). The van der Waals surface area contributed by atoms with Crippen LogP contribution in [0.15, 0.2) is 0 Å². The summed E-state index contributed by atoms with van der Waals surface area (Å²) in [7, 11) is 0. The van der Waals surface area contributed by atoms with E-state index >= 15 is 0 Å². The summed E-state index contributed by atoms with van der Waals surface area (Å²) in [5.41, 5.74) is -14.5. The Morgan fingerprint density at radius 2 is 0.587 bits per heavy atom. The molecule has 0 aromatic rings. The van der Waals surface area contributed by atoms with E-state index in [0.717, 1.165) is 0 Å². The zero-order chi connectivity index (χ0) is 37.8. The van der Waals surface area contributed by atoms with E-state index in [1.165, 1.54) is 13.8 Å². The van der Waals surface area contributed by atoms with Gasteiger partial charge >= 0.3 is 60.1 Å². The molecule has 0 N–H and O–H groups in total. The third-order valence-electron chi connectivity index (χ3n) is 5.35. The van der Waals surface area contributed by atoms with E-state index in [1.807, 2.05) is 0 Å². The first-order valence-corrected chi connectivity index (χ1v) is 11.6. The summed E-state index contributed by atoms with van der Waals surface area (Å²) >= 11 is 0. The predicted molar refractivity (Wildman–Crippen MR) is 103 cm³/mol. The first kappa shape index (κ1) is 46.4. The van der Waals surface area contributed by atoms with Crippen LogP contribution in [0.2, 0.25) is 0 Å². The highest BCUT2D eigenvalue weighted by Gasteiger charge is 2.89. The van der Waals surface area contributed by atoms with Crippen LogP contribution in [0.5, 0.6) is 0 Å². The van der Waals surface area contributed by atoms with Crippen LogP contribution in [0.25, 0.3) is 0 Å². The molecule has 0 aliphatic heterocycles. The SMILES string of the molecule is CCCCOC(F)(C(F)C(F)(F)F)C(F)(C(F)(F)F)C(F)(F)F.CCCCOC(F)(C(F)C(F)(F)F)C(F)(C(F)(F)F)C(F)(F)F. The van der Waals surface area contributed by atoms with Gasteiger partial charge in [0.05, 0.1) is 13.2 Å². The van der Waals surface area contributed by atoms with Crippen molar-refractivity contribution in [1.29, 1.82) is 0 Å². The zero-order valence-electron chi connectivity index (χ0n) is 22.3. The number of ether oxygens (including phenoxy) is 2. The van der Waals surface area contributed by atoms with E-state index in [4.69, 9.17) is 0 Å². The van der Waals surface area contributed by atoms with Gasteiger partial charge in [0, 0.05) is 0 Å². The molecule has 0 fully saturated rings. The summed E-state index contributed by atoms with van der Waals surface area (Å²) < 4.78 is 309. The third kappa shape index (κ3) is 9.23. The van der Waals surface area contributed by atoms with Gasteiger partial charge in [-0.05, 0) is 12.8 Å². The van der Waals surface area contributed by atoms with Crippen LogP contribution in [-0.4, -0.2) is 85.7 Å². The maximum Gasteiger partial charge on any atom is 0.437 e. The number of rotatable bonds is 12. The van der Waals surface area contributed by atoms with Crippen molar-refractivity contribution in [3.63, 3.8) is 0 Å². The van der Waals surface area contributed by atoms with Gasteiger partial charge in [-0.2, -0.15) is 79.0 Å². The average Bonchev–Trinajstić information content (AvgIpc) is 2.83. The summed E-state index contributed by atoms with van der Waals surface area (Å²) in [6.07, 6.45) is -54.5. The van der Waals surface area contributed by atoms with Crippen LogP contribution in [0.4, 0.5) is 105 Å². The fourth-order valence-electron chi connectivity index (χ4n) is 2.94. The van der Waals surface area contributed by atoms with Gasteiger partial charge in [0.1, 0.15) is 0 Å². The quantitative estimate of drug-likeness (QED) is 0.146. The molecule has 2 nitrogen and oxygen atoms in total. The second-order valence-corrected chi connectivity index (χ2v) is 8.81. The minimum absolute atomic E-state index is 0.0730. The predicted octanol–water partition coefficient (Wildman–Crippen LogP) is 10.4. The van der Waals surface area contributed by atoms with Crippen molar-refractivity contribution in [2.24, 2.45) is 0 Å². The lowest BCUT2D eigenvalue weighted by molar-refractivity contribution is -0.441. The topological polar surface area (TPSA) is 18.5 Å². The highest BCUT2D eigenvalue weighted by atomic mass is 19.4. The first-order valence-electron chi connectivity index (χ1n) is 11.6. The summed E-state index contributed by atoms with van der Waals surface area (Å²) in [5, 5.41) is 0. The van der Waals surface area contributed by atoms with Crippen LogP contribution in [-0.2, 0) is 9.47 Å². The summed E-state index contributed by atoms with van der Waals surface area (Å²) in [5.74, 6) is -12.8. The molecule has 0 aromatic carbocycles. The molecule has 46 heavy (non-hydrogen) atoms. The van der Waals surface area contributed by atoms with Crippen molar-refractivity contribution >= 4 is 0 Å². The molecule has 0 aliphatic rings. The second-order valence-electron chi connectivity index (χ2n) is 8.81. The Morgan fingerprint density at radius 1 is 0.391 bits per heavy atom. The minimum atomic E-state index is -7.26. The van der Waals surface area contributed by atoms with Crippen molar-refractivity contribution in [2.75, 3.05) is 13.2 Å². The third-order valence-corrected chi connectivity index (χ3v) is 5.35. The Bertz CT molecular complexity index is 812. The van der Waals surface area contributed by atoms with E-state index in [-0.39, 0.29) is 12.8 Å². The van der Waals surface area contributed by atoms with Crippen LogP contribution in [0.3, 0.4) is 0 Å². The lowest BCUT2D eigenvalue weighted by Crippen LogP contribution is -2.72. The lowest BCUT2D eigenvalue weighted by atomic mass is 9.90. The van der Waals surface area contributed by atoms with E-state index in [9.17, 15) is 105 Å². The molecule has 0 radical (unpaired) electrons. The summed E-state index contributed by atoms with van der Waals surface area (Å²) in [4.78, 5) is 0. The smallest absolute Gasteiger partial charge is 0.340 e. The minimum Gasteiger partial charge on any atom is -0.340 e. The number of halogens is 24. The highest BCUT2D eigenvalue weighted by Crippen LogP contribution is 2.59. The Morgan fingerprint density at radius 3 is 0.717 bits per heavy atom. The second kappa shape index (κ2) is 14.8. The van der Waals surface area contributed by atoms with Gasteiger partial charge in [-0.25, -0.2) is 26.3 Å². The zero-order valence-corrected chi connectivity index (χ0v) is 22.3. The van der Waals surface area contributed by atoms with E-state index in [1.54, 1.807) is 0 Å². The number of alkyl halides is 24. The molecule has 280 valence electrons. The van der Waals surface area contributed by atoms with Crippen LogP contribution in [0.1, 0.15) is 39.5 Å². The van der Waals surface area contributed by atoms with Crippen molar-refractivity contribution in [3.05, 3.63) is 0 Å². The molecule has 4 unspecified atom stereocenters. The van der Waals surface area contributed by atoms with Crippen LogP contribution < -0.4 is 0 Å². The Labute approximate surface area is 241 Å². The van der Waals surface area contributed by atoms with E-state index in [0.29, 0.717) is 0 Å². The first-order chi connectivity index (χ1) is 19.9. The molecule has 0 saturated carbocycles. The number of unbranched alkanes of at least 4 members (excludes halogenated alkanes) is 2. The van der Waals surface area contributed by atoms with Crippen molar-refractivity contribution in [1.82, 2.24) is 0 Å². The monoisotopic (exact) mass is 748 g/mol. The fourth-order valence-corrected chi connectivity index (χ4v) is 2.94. The van der Waals surface area contributed by atoms with Gasteiger partial charge in [0.25, 0.3) is 12.3 Å². The van der Waals surface area contributed by atoms with E-state index < -0.39 is 98.5 Å². The molecule has 0 spiro atoms. The van der Waals surface area contributed by atoms with Gasteiger partial charge in [-0.15, -0.1) is 0 Å². The Kier molecular flexibility index (Phi) is 14.9. The summed E-state index contributed by atoms with van der Waals surface area (Å²) in [6.45, 7) is -0.477. The van der Waals surface area contributed by atoms with Crippen molar-refractivity contribution in [2.45, 2.75) is 112 Å². The Balaban J connectivity index is 0. The number of hydrogen-bond acceptors (Lipinski definition) is 2. The van der Waals surface area contributed by atoms with Crippen molar-refractivity contribution < 1.29 is 115 Å². The largest absolute Gasteiger partial charge is 0.437 e. The highest BCUT2D eigenvalue weighted by molar-refractivity contribution is 5.11. The maximum atomic E-state index is 13.9. The fraction of sp³-hybridized carbons (Fsp3) is 1.00. The summed E-state index contributed by atoms with van der Waals surface area (Å²) in [6, 6.07) is 0. The standard InChI is InChI=1S/2C10H10F12O/c2*1-2-3-4-23-6(12,5(11)7(13,14)15)8(16,9(17,18)19)10(20,21)22/h2*5H,2-4H2,1H3. The Hall–Kier alpha value is -1.76. The molecular formula is C20H20F24O2. The van der Waals surface area contributed by atoms with Gasteiger partial charge in [-0.3, -0.25) is 0 Å². The molecule has 26 heteroatoms. The molecule has 4 atom stereocenters. The normalized spacial score (nSPS) is 18.7. The maximum absolute atomic E-state index is 13.9. The van der Waals surface area contributed by atoms with Gasteiger partial charge in [-0.1, -0.05) is 26.7 Å². The molecular weight excluding hydrogens is 728 g/mol. The molecule has 0 aromatic heterocycles. The van der Waals surface area contributed by atoms with Gasteiger partial charge in [0.15, 0.2) is 0 Å². The van der Waals surface area contributed by atoms with Gasteiger partial charge in [0.2, 0.25) is 0 Å². The average molecular weight is 748 g/mol. The molecule has 0 bridgehead atoms. The van der Waals surface area contributed by atoms with Crippen LogP contribution in [0, 0.1) is 0 Å². The van der Waals surface area contributed by atoms with E-state index in [2.05, 4.69) is 9.47 Å². The number of hydrogen-bond donors (Lipinski definition) is 0. The molecule has 0 saturated heterocycles. The lowest BCUT2D eigenvalue weighted by Gasteiger charge is -2.42. The molecule has 0 heterocycles. The van der Waals surface area contributed by atoms with Crippen LogP contribution >= 0.6 is 0 Å². The van der Waals surface area contributed by atoms with Gasteiger partial charge < -0.3 is 9.47 Å².